The molecule has 0 atom stereocenters. The standard InChI is InChI=1S/C17H23N5O4/c1-7-17(8-2)13(24)21(9(3)4)15-18-11-10(22(15)14(17)25)12(23)20(6)16(26)19(11)5/h9H,7-8H2,1-6H3. The van der Waals surface area contributed by atoms with Crippen LogP contribution in [0.25, 0.3) is 11.2 Å². The van der Waals surface area contributed by atoms with E-state index in [0.717, 1.165) is 4.57 Å². The molecule has 3 heterocycles. The van der Waals surface area contributed by atoms with E-state index in [1.165, 1.54) is 28.1 Å². The first kappa shape index (κ1) is 18.1. The summed E-state index contributed by atoms with van der Waals surface area (Å²) in [5.41, 5.74) is -2.26. The Balaban J connectivity index is 2.56. The van der Waals surface area contributed by atoms with E-state index in [1.54, 1.807) is 13.8 Å². The van der Waals surface area contributed by atoms with Crippen molar-refractivity contribution in [3.63, 3.8) is 0 Å². The SMILES string of the molecule is CCC1(CC)C(=O)N(C(C)C)c2nc3c(c(=O)n(C)c(=O)n3C)n2C1=O. The monoisotopic (exact) mass is 361 g/mol. The Kier molecular flexibility index (Phi) is 3.93. The summed E-state index contributed by atoms with van der Waals surface area (Å²) >= 11 is 0. The largest absolute Gasteiger partial charge is 0.332 e. The van der Waals surface area contributed by atoms with Gasteiger partial charge in [0.2, 0.25) is 17.8 Å². The first-order valence-electron chi connectivity index (χ1n) is 8.70. The number of carbonyl (C=O) groups is 2. The van der Waals surface area contributed by atoms with Crippen molar-refractivity contribution < 1.29 is 9.59 Å². The van der Waals surface area contributed by atoms with Crippen molar-refractivity contribution in [3.8, 4) is 0 Å². The summed E-state index contributed by atoms with van der Waals surface area (Å²) < 4.78 is 3.39. The first-order valence-corrected chi connectivity index (χ1v) is 8.70. The van der Waals surface area contributed by atoms with Gasteiger partial charge in [0.05, 0.1) is 0 Å². The summed E-state index contributed by atoms with van der Waals surface area (Å²) in [6.45, 7) is 7.22. The van der Waals surface area contributed by atoms with Crippen molar-refractivity contribution >= 4 is 28.9 Å². The Morgan fingerprint density at radius 1 is 0.962 bits per heavy atom. The lowest BCUT2D eigenvalue weighted by Crippen LogP contribution is -2.57. The minimum absolute atomic E-state index is 0.0269. The third-order valence-electron chi connectivity index (χ3n) is 5.42. The van der Waals surface area contributed by atoms with Gasteiger partial charge in [0.25, 0.3) is 5.56 Å². The molecule has 1 amide bonds. The van der Waals surface area contributed by atoms with Crippen LogP contribution in [0.5, 0.6) is 0 Å². The molecular weight excluding hydrogens is 338 g/mol. The molecule has 3 rings (SSSR count). The quantitative estimate of drug-likeness (QED) is 0.747. The summed E-state index contributed by atoms with van der Waals surface area (Å²) in [7, 11) is 2.84. The molecule has 0 aromatic carbocycles. The Bertz CT molecular complexity index is 1050. The lowest BCUT2D eigenvalue weighted by atomic mass is 9.78. The highest BCUT2D eigenvalue weighted by molar-refractivity contribution is 6.18. The molecule has 0 radical (unpaired) electrons. The van der Waals surface area contributed by atoms with Gasteiger partial charge in [0.1, 0.15) is 5.41 Å². The number of imidazole rings is 1. The molecule has 0 N–H and O–H groups in total. The number of amides is 1. The molecule has 2 aromatic heterocycles. The van der Waals surface area contributed by atoms with Crippen molar-refractivity contribution in [2.45, 2.75) is 46.6 Å². The zero-order valence-corrected chi connectivity index (χ0v) is 15.9. The van der Waals surface area contributed by atoms with E-state index < -0.39 is 22.6 Å². The van der Waals surface area contributed by atoms with Gasteiger partial charge in [-0.05, 0) is 26.7 Å². The molecule has 1 aliphatic heterocycles. The molecule has 26 heavy (non-hydrogen) atoms. The van der Waals surface area contributed by atoms with Crippen LogP contribution in [0.15, 0.2) is 9.59 Å². The second kappa shape index (κ2) is 5.65. The van der Waals surface area contributed by atoms with Gasteiger partial charge in [0, 0.05) is 20.1 Å². The third kappa shape index (κ3) is 1.94. The van der Waals surface area contributed by atoms with Gasteiger partial charge in [-0.1, -0.05) is 13.8 Å². The Morgan fingerprint density at radius 2 is 1.54 bits per heavy atom. The number of hydrogen-bond acceptors (Lipinski definition) is 5. The molecular formula is C17H23N5O4. The van der Waals surface area contributed by atoms with Crippen LogP contribution < -0.4 is 16.1 Å². The Morgan fingerprint density at radius 3 is 2.04 bits per heavy atom. The van der Waals surface area contributed by atoms with E-state index in [2.05, 4.69) is 4.98 Å². The summed E-state index contributed by atoms with van der Waals surface area (Å²) in [4.78, 5) is 57.4. The number of aryl methyl sites for hydroxylation is 1. The molecule has 0 saturated carbocycles. The van der Waals surface area contributed by atoms with Crippen LogP contribution in [0.3, 0.4) is 0 Å². The van der Waals surface area contributed by atoms with E-state index in [0.29, 0.717) is 12.8 Å². The smallest absolute Gasteiger partial charge is 0.279 e. The van der Waals surface area contributed by atoms with Crippen molar-refractivity contribution in [1.82, 2.24) is 18.7 Å². The van der Waals surface area contributed by atoms with E-state index in [1.807, 2.05) is 13.8 Å². The third-order valence-corrected chi connectivity index (χ3v) is 5.42. The van der Waals surface area contributed by atoms with Gasteiger partial charge in [0.15, 0.2) is 11.2 Å². The summed E-state index contributed by atoms with van der Waals surface area (Å²) in [5, 5.41) is 0. The molecule has 0 aliphatic carbocycles. The zero-order chi connectivity index (χ0) is 19.5. The number of nitrogens with zero attached hydrogens (tertiary/aromatic N) is 5. The summed E-state index contributed by atoms with van der Waals surface area (Å²) in [6, 6.07) is -0.260. The summed E-state index contributed by atoms with van der Waals surface area (Å²) in [6.07, 6.45) is 0.630. The number of hydrogen-bond donors (Lipinski definition) is 0. The van der Waals surface area contributed by atoms with Crippen LogP contribution >= 0.6 is 0 Å². The fourth-order valence-corrected chi connectivity index (χ4v) is 3.69. The van der Waals surface area contributed by atoms with Crippen molar-refractivity contribution in [2.24, 2.45) is 19.5 Å². The molecule has 140 valence electrons. The van der Waals surface area contributed by atoms with E-state index >= 15 is 0 Å². The van der Waals surface area contributed by atoms with Gasteiger partial charge in [-0.2, -0.15) is 4.98 Å². The molecule has 0 fully saturated rings. The van der Waals surface area contributed by atoms with Gasteiger partial charge < -0.3 is 0 Å². The highest BCUT2D eigenvalue weighted by Gasteiger charge is 2.53. The van der Waals surface area contributed by atoms with Gasteiger partial charge in [-0.25, -0.2) is 9.36 Å². The predicted molar refractivity (Wildman–Crippen MR) is 96.5 cm³/mol. The van der Waals surface area contributed by atoms with Crippen LogP contribution in [0.2, 0.25) is 0 Å². The molecule has 9 nitrogen and oxygen atoms in total. The molecule has 9 heteroatoms. The number of carbonyl (C=O) groups excluding carboxylic acids is 2. The van der Waals surface area contributed by atoms with Crippen LogP contribution in [0.4, 0.5) is 5.95 Å². The number of anilines is 1. The summed E-state index contributed by atoms with van der Waals surface area (Å²) in [5.74, 6) is -0.675. The maximum atomic E-state index is 13.4. The normalized spacial score (nSPS) is 16.7. The average Bonchev–Trinajstić information content (AvgIpc) is 2.99. The number of aromatic nitrogens is 4. The van der Waals surface area contributed by atoms with Crippen LogP contribution in [0, 0.1) is 5.41 Å². The van der Waals surface area contributed by atoms with Crippen LogP contribution in [0.1, 0.15) is 45.3 Å². The number of rotatable bonds is 3. The first-order chi connectivity index (χ1) is 12.1. The van der Waals surface area contributed by atoms with Crippen LogP contribution in [-0.2, 0) is 18.9 Å². The Hall–Kier alpha value is -2.71. The van der Waals surface area contributed by atoms with Gasteiger partial charge in [-0.15, -0.1) is 0 Å². The van der Waals surface area contributed by atoms with Crippen molar-refractivity contribution in [3.05, 3.63) is 20.8 Å². The van der Waals surface area contributed by atoms with Crippen molar-refractivity contribution in [2.75, 3.05) is 4.90 Å². The molecule has 0 unspecified atom stereocenters. The molecule has 0 saturated heterocycles. The van der Waals surface area contributed by atoms with Crippen molar-refractivity contribution in [1.29, 1.82) is 0 Å². The predicted octanol–water partition coefficient (Wildman–Crippen LogP) is 0.635. The van der Waals surface area contributed by atoms with Crippen LogP contribution in [-0.4, -0.2) is 36.5 Å². The fraction of sp³-hybridized carbons (Fsp3) is 0.588. The van der Waals surface area contributed by atoms with Gasteiger partial charge in [-0.3, -0.25) is 28.4 Å². The van der Waals surface area contributed by atoms with E-state index in [4.69, 9.17) is 0 Å². The minimum Gasteiger partial charge on any atom is -0.279 e. The lowest BCUT2D eigenvalue weighted by molar-refractivity contribution is -0.127. The molecule has 0 bridgehead atoms. The second-order valence-electron chi connectivity index (χ2n) is 6.99. The average molecular weight is 361 g/mol. The molecule has 1 aliphatic rings. The maximum Gasteiger partial charge on any atom is 0.332 e. The highest BCUT2D eigenvalue weighted by atomic mass is 16.2. The fourth-order valence-electron chi connectivity index (χ4n) is 3.69. The maximum absolute atomic E-state index is 13.4. The second-order valence-corrected chi connectivity index (χ2v) is 6.99. The lowest BCUT2D eigenvalue weighted by Gasteiger charge is -2.40. The topological polar surface area (TPSA) is 99.2 Å². The Labute approximate surface area is 149 Å². The van der Waals surface area contributed by atoms with E-state index in [9.17, 15) is 19.2 Å². The molecule has 0 spiro atoms. The zero-order valence-electron chi connectivity index (χ0n) is 15.9. The molecule has 2 aromatic rings. The van der Waals surface area contributed by atoms with Gasteiger partial charge >= 0.3 is 5.69 Å². The van der Waals surface area contributed by atoms with E-state index in [-0.39, 0.29) is 29.1 Å². The highest BCUT2D eigenvalue weighted by Crippen LogP contribution is 2.40. The number of fused-ring (bicyclic) bond motifs is 3. The minimum atomic E-state index is -1.25.